The van der Waals surface area contributed by atoms with Gasteiger partial charge in [-0.2, -0.15) is 0 Å². The Morgan fingerprint density at radius 2 is 1.48 bits per heavy atom. The van der Waals surface area contributed by atoms with Gasteiger partial charge in [0, 0.05) is 41.0 Å². The molecule has 3 aromatic rings. The average Bonchev–Trinajstić information content (AvgIpc) is 3.09. The zero-order valence-electron chi connectivity index (χ0n) is 19.6. The smallest absolute Gasteiger partial charge is 0.255 e. The van der Waals surface area contributed by atoms with E-state index in [1.807, 2.05) is 54.6 Å². The predicted molar refractivity (Wildman–Crippen MR) is 132 cm³/mol. The van der Waals surface area contributed by atoms with E-state index in [4.69, 9.17) is 4.74 Å². The molecule has 0 fully saturated rings. The van der Waals surface area contributed by atoms with Crippen LogP contribution in [0.5, 0.6) is 5.75 Å². The average molecular weight is 443 g/mol. The molecule has 170 valence electrons. The van der Waals surface area contributed by atoms with Crippen LogP contribution in [0.4, 0.5) is 5.69 Å². The second-order valence-corrected chi connectivity index (χ2v) is 8.89. The second kappa shape index (κ2) is 9.59. The maximum Gasteiger partial charge on any atom is 0.255 e. The van der Waals surface area contributed by atoms with Gasteiger partial charge in [-0.1, -0.05) is 30.3 Å². The highest BCUT2D eigenvalue weighted by atomic mass is 16.5. The fraction of sp³-hybridized carbons (Fsp3) is 0.286. The van der Waals surface area contributed by atoms with Crippen molar-refractivity contribution in [2.24, 2.45) is 0 Å². The third kappa shape index (κ3) is 4.83. The fourth-order valence-corrected chi connectivity index (χ4v) is 4.39. The summed E-state index contributed by atoms with van der Waals surface area (Å²) in [7, 11) is 0. The van der Waals surface area contributed by atoms with E-state index in [-0.39, 0.29) is 11.7 Å². The van der Waals surface area contributed by atoms with Crippen LogP contribution < -0.4 is 10.1 Å². The molecule has 0 heterocycles. The molecule has 0 saturated carbocycles. The molecule has 1 amide bonds. The molecule has 33 heavy (non-hydrogen) atoms. The molecule has 0 spiro atoms. The highest BCUT2D eigenvalue weighted by molar-refractivity contribution is 6.22. The van der Waals surface area contributed by atoms with Crippen LogP contribution in [0.15, 0.2) is 66.7 Å². The molecule has 5 nitrogen and oxygen atoms in total. The van der Waals surface area contributed by atoms with Crippen LogP contribution >= 0.6 is 0 Å². The van der Waals surface area contributed by atoms with Crippen LogP contribution in [0.25, 0.3) is 11.1 Å². The first-order valence-electron chi connectivity index (χ1n) is 11.4. The Hall–Kier alpha value is -3.44. The first-order chi connectivity index (χ1) is 15.8. The van der Waals surface area contributed by atoms with Gasteiger partial charge in [0.15, 0.2) is 5.78 Å². The normalized spacial score (nSPS) is 12.3. The topological polar surface area (TPSA) is 58.6 Å². The number of ether oxygens (including phenoxy) is 1. The van der Waals surface area contributed by atoms with Gasteiger partial charge in [0.2, 0.25) is 0 Å². The number of anilines is 1. The van der Waals surface area contributed by atoms with Gasteiger partial charge in [-0.15, -0.1) is 0 Å². The number of nitrogens with one attached hydrogen (secondary N) is 1. The zero-order valence-corrected chi connectivity index (χ0v) is 19.6. The molecule has 0 saturated heterocycles. The van der Waals surface area contributed by atoms with E-state index < -0.39 is 0 Å². The minimum absolute atomic E-state index is 0.0368. The van der Waals surface area contributed by atoms with E-state index in [0.717, 1.165) is 23.4 Å². The molecule has 1 aliphatic carbocycles. The minimum atomic E-state index is -0.250. The first-order valence-corrected chi connectivity index (χ1v) is 11.4. The van der Waals surface area contributed by atoms with Gasteiger partial charge in [-0.25, -0.2) is 0 Å². The van der Waals surface area contributed by atoms with Gasteiger partial charge in [0.1, 0.15) is 12.4 Å². The Kier molecular flexibility index (Phi) is 6.61. The van der Waals surface area contributed by atoms with Crippen molar-refractivity contribution in [3.8, 4) is 16.9 Å². The molecule has 0 radical (unpaired) electrons. The van der Waals surface area contributed by atoms with E-state index in [1.54, 1.807) is 12.1 Å². The lowest BCUT2D eigenvalue weighted by Gasteiger charge is -2.30. The van der Waals surface area contributed by atoms with Crippen LogP contribution in [-0.2, 0) is 0 Å². The molecule has 0 bridgehead atoms. The number of carbonyl (C=O) groups is 2. The highest BCUT2D eigenvalue weighted by Crippen LogP contribution is 2.36. The Balaban J connectivity index is 1.37. The summed E-state index contributed by atoms with van der Waals surface area (Å²) in [4.78, 5) is 27.9. The lowest BCUT2D eigenvalue weighted by Crippen LogP contribution is -2.39. The monoisotopic (exact) mass is 442 g/mol. The highest BCUT2D eigenvalue weighted by Gasteiger charge is 2.27. The van der Waals surface area contributed by atoms with Gasteiger partial charge < -0.3 is 10.1 Å². The summed E-state index contributed by atoms with van der Waals surface area (Å²) in [5.41, 5.74) is 4.19. The molecule has 0 aliphatic heterocycles. The van der Waals surface area contributed by atoms with Crippen molar-refractivity contribution in [1.29, 1.82) is 0 Å². The van der Waals surface area contributed by atoms with Crippen LogP contribution in [-0.4, -0.2) is 41.8 Å². The molecule has 3 aromatic carbocycles. The Morgan fingerprint density at radius 3 is 2.15 bits per heavy atom. The number of rotatable bonds is 8. The van der Waals surface area contributed by atoms with Crippen molar-refractivity contribution in [3.63, 3.8) is 0 Å². The van der Waals surface area contributed by atoms with Gasteiger partial charge in [0.25, 0.3) is 5.91 Å². The first kappa shape index (κ1) is 22.7. The van der Waals surface area contributed by atoms with Gasteiger partial charge in [-0.3, -0.25) is 14.5 Å². The van der Waals surface area contributed by atoms with Crippen molar-refractivity contribution in [2.45, 2.75) is 39.8 Å². The summed E-state index contributed by atoms with van der Waals surface area (Å²) < 4.78 is 5.88. The lowest BCUT2D eigenvalue weighted by atomic mass is 10.0. The number of nitrogens with zero attached hydrogens (tertiary/aromatic N) is 1. The van der Waals surface area contributed by atoms with E-state index in [2.05, 4.69) is 37.9 Å². The molecule has 0 atom stereocenters. The summed E-state index contributed by atoms with van der Waals surface area (Å²) in [5.74, 6) is 0.478. The second-order valence-electron chi connectivity index (χ2n) is 8.89. The van der Waals surface area contributed by atoms with Gasteiger partial charge in [0.05, 0.1) is 0 Å². The number of benzene rings is 3. The van der Waals surface area contributed by atoms with Crippen molar-refractivity contribution in [1.82, 2.24) is 4.90 Å². The van der Waals surface area contributed by atoms with Crippen molar-refractivity contribution in [3.05, 3.63) is 83.4 Å². The molecule has 1 N–H and O–H groups in total. The quantitative estimate of drug-likeness (QED) is 0.383. The van der Waals surface area contributed by atoms with Crippen LogP contribution in [0, 0.1) is 0 Å². The Labute approximate surface area is 195 Å². The van der Waals surface area contributed by atoms with Crippen molar-refractivity contribution in [2.75, 3.05) is 18.5 Å². The van der Waals surface area contributed by atoms with E-state index >= 15 is 0 Å². The van der Waals surface area contributed by atoms with Crippen LogP contribution in [0.1, 0.15) is 54.0 Å². The van der Waals surface area contributed by atoms with E-state index in [9.17, 15) is 9.59 Å². The number of ketones is 1. The van der Waals surface area contributed by atoms with E-state index in [0.29, 0.717) is 41.1 Å². The number of fused-ring (bicyclic) bond motifs is 3. The molecule has 4 rings (SSSR count). The number of hydrogen-bond donors (Lipinski definition) is 1. The SMILES string of the molecule is CC(C)N(CCOc1ccc(NC(=O)c2ccc3c(c2)C(=O)c2ccccc2-3)cc1)C(C)C. The Morgan fingerprint density at radius 1 is 0.848 bits per heavy atom. The van der Waals surface area contributed by atoms with Crippen LogP contribution in [0.3, 0.4) is 0 Å². The molecule has 0 aromatic heterocycles. The number of carbonyl (C=O) groups excluding carboxylic acids is 2. The predicted octanol–water partition coefficient (Wildman–Crippen LogP) is 5.65. The molecule has 5 heteroatoms. The summed E-state index contributed by atoms with van der Waals surface area (Å²) in [6.45, 7) is 10.2. The third-order valence-electron chi connectivity index (χ3n) is 6.05. The van der Waals surface area contributed by atoms with Gasteiger partial charge in [-0.05, 0) is 75.2 Å². The van der Waals surface area contributed by atoms with Crippen molar-refractivity contribution >= 4 is 17.4 Å². The molecule has 0 unspecified atom stereocenters. The largest absolute Gasteiger partial charge is 0.492 e. The minimum Gasteiger partial charge on any atom is -0.492 e. The Bertz CT molecular complexity index is 1160. The van der Waals surface area contributed by atoms with Gasteiger partial charge >= 0.3 is 0 Å². The summed E-state index contributed by atoms with van der Waals surface area (Å²) in [6, 6.07) is 21.1. The fourth-order valence-electron chi connectivity index (χ4n) is 4.39. The number of amides is 1. The maximum absolute atomic E-state index is 12.8. The molecule has 1 aliphatic rings. The molecular formula is C28H30N2O3. The third-order valence-corrected chi connectivity index (χ3v) is 6.05. The summed E-state index contributed by atoms with van der Waals surface area (Å²) in [6.07, 6.45) is 0. The molecular weight excluding hydrogens is 412 g/mol. The summed E-state index contributed by atoms with van der Waals surface area (Å²) in [5, 5.41) is 2.90. The number of hydrogen-bond acceptors (Lipinski definition) is 4. The standard InChI is InChI=1S/C28H30N2O3/c1-18(2)30(19(3)4)15-16-33-22-12-10-21(11-13-22)29-28(32)20-9-14-24-23-7-5-6-8-25(23)27(31)26(24)17-20/h5-14,17-19H,15-16H2,1-4H3,(H,29,32). The van der Waals surface area contributed by atoms with Crippen molar-refractivity contribution < 1.29 is 14.3 Å². The summed E-state index contributed by atoms with van der Waals surface area (Å²) >= 11 is 0. The zero-order chi connectivity index (χ0) is 23.5. The van der Waals surface area contributed by atoms with E-state index in [1.165, 1.54) is 0 Å². The lowest BCUT2D eigenvalue weighted by molar-refractivity contribution is 0.102. The van der Waals surface area contributed by atoms with Crippen LogP contribution in [0.2, 0.25) is 0 Å². The maximum atomic E-state index is 12.8.